The van der Waals surface area contributed by atoms with Gasteiger partial charge in [0.15, 0.2) is 0 Å². The van der Waals surface area contributed by atoms with E-state index in [-0.39, 0.29) is 18.5 Å². The normalized spacial score (nSPS) is 9.57. The van der Waals surface area contributed by atoms with Gasteiger partial charge in [0, 0.05) is 13.3 Å². The van der Waals surface area contributed by atoms with Crippen LogP contribution in [0.4, 0.5) is 0 Å². The number of ether oxygens (including phenoxy) is 3. The molecule has 0 aromatic heterocycles. The van der Waals surface area contributed by atoms with Crippen molar-refractivity contribution >= 4 is 17.9 Å². The Morgan fingerprint density at radius 1 is 0.703 bits per heavy atom. The molecule has 0 fully saturated rings. The average Bonchev–Trinajstić information content (AvgIpc) is 2.86. The molecule has 7 heteroatoms. The molecule has 1 N–H and O–H groups in total. The van der Waals surface area contributed by atoms with Gasteiger partial charge < -0.3 is 19.3 Å². The zero-order valence-electron chi connectivity index (χ0n) is 23.7. The van der Waals surface area contributed by atoms with Gasteiger partial charge >= 0.3 is 17.9 Å². The van der Waals surface area contributed by atoms with Gasteiger partial charge in [0.25, 0.3) is 0 Å². The Balaban J connectivity index is -0.000000671. The summed E-state index contributed by atoms with van der Waals surface area (Å²) in [4.78, 5) is 30.7. The summed E-state index contributed by atoms with van der Waals surface area (Å²) in [7, 11) is 0. The van der Waals surface area contributed by atoms with E-state index in [0.29, 0.717) is 19.6 Å². The summed E-state index contributed by atoms with van der Waals surface area (Å²) < 4.78 is 13.6. The summed E-state index contributed by atoms with van der Waals surface area (Å²) in [6.07, 6.45) is 25.0. The molecule has 0 saturated carbocycles. The first-order chi connectivity index (χ1) is 17.8. The molecule has 0 saturated heterocycles. The van der Waals surface area contributed by atoms with Gasteiger partial charge in [-0.3, -0.25) is 9.59 Å². The molecule has 37 heavy (non-hydrogen) atoms. The second-order valence-electron chi connectivity index (χ2n) is 8.65. The first-order valence-corrected chi connectivity index (χ1v) is 13.8. The summed E-state index contributed by atoms with van der Waals surface area (Å²) in [5.41, 5.74) is 0. The van der Waals surface area contributed by atoms with Crippen LogP contribution in [0.25, 0.3) is 0 Å². The maximum absolute atomic E-state index is 11.3. The second-order valence-corrected chi connectivity index (χ2v) is 8.65. The van der Waals surface area contributed by atoms with Crippen LogP contribution in [0.2, 0.25) is 0 Å². The molecule has 0 unspecified atom stereocenters. The summed E-state index contributed by atoms with van der Waals surface area (Å²) in [6, 6.07) is 0. The molecule has 0 spiro atoms. The summed E-state index contributed by atoms with van der Waals surface area (Å²) in [5.74, 6) is -1.36. The van der Waals surface area contributed by atoms with E-state index >= 15 is 0 Å². The van der Waals surface area contributed by atoms with E-state index in [9.17, 15) is 14.4 Å². The van der Waals surface area contributed by atoms with Crippen LogP contribution in [-0.2, 0) is 28.6 Å². The molecule has 0 amide bonds. The zero-order chi connectivity index (χ0) is 28.4. The molecule has 0 aliphatic carbocycles. The number of unbranched alkanes of at least 4 members (excludes halogenated alkanes) is 14. The smallest absolute Gasteiger partial charge is 0.329 e. The quantitative estimate of drug-likeness (QED) is 0.0624. The maximum Gasteiger partial charge on any atom is 0.329 e. The molecule has 0 aromatic rings. The molecule has 0 atom stereocenters. The van der Waals surface area contributed by atoms with Crippen molar-refractivity contribution in [1.82, 2.24) is 0 Å². The Morgan fingerprint density at radius 3 is 1.46 bits per heavy atom. The molecular weight excluding hydrogens is 472 g/mol. The minimum Gasteiger partial charge on any atom is -0.480 e. The lowest BCUT2D eigenvalue weighted by Gasteiger charge is -2.04. The van der Waals surface area contributed by atoms with Gasteiger partial charge in [-0.25, -0.2) is 4.79 Å². The largest absolute Gasteiger partial charge is 0.480 e. The average molecular weight is 527 g/mol. The van der Waals surface area contributed by atoms with Gasteiger partial charge in [-0.2, -0.15) is 0 Å². The topological polar surface area (TPSA) is 99.1 Å². The van der Waals surface area contributed by atoms with Crippen LogP contribution < -0.4 is 0 Å². The molecule has 0 aromatic carbocycles. The fourth-order valence-electron chi connectivity index (χ4n) is 3.21. The maximum atomic E-state index is 11.3. The second kappa shape index (κ2) is 35.8. The number of esters is 2. The minimum atomic E-state index is -0.952. The highest BCUT2D eigenvalue weighted by Gasteiger charge is 2.01. The van der Waals surface area contributed by atoms with E-state index in [2.05, 4.69) is 36.1 Å². The predicted octanol–water partition coefficient (Wildman–Crippen LogP) is 7.94. The van der Waals surface area contributed by atoms with Crippen LogP contribution in [0.1, 0.15) is 117 Å². The third-order valence-corrected chi connectivity index (χ3v) is 5.06. The molecule has 0 aliphatic rings. The predicted molar refractivity (Wildman–Crippen MR) is 151 cm³/mol. The molecule has 0 bridgehead atoms. The van der Waals surface area contributed by atoms with Crippen molar-refractivity contribution in [3.63, 3.8) is 0 Å². The Kier molecular flexibility index (Phi) is 37.8. The Morgan fingerprint density at radius 2 is 1.14 bits per heavy atom. The van der Waals surface area contributed by atoms with Crippen molar-refractivity contribution in [1.29, 1.82) is 0 Å². The lowest BCUT2D eigenvalue weighted by molar-refractivity contribution is -0.143. The third kappa shape index (κ3) is 47.4. The molecular formula is C30H54O7. The van der Waals surface area contributed by atoms with Crippen LogP contribution in [0.5, 0.6) is 0 Å². The first-order valence-electron chi connectivity index (χ1n) is 13.8. The summed E-state index contributed by atoms with van der Waals surface area (Å²) in [5, 5.41) is 7.98. The number of rotatable bonds is 23. The standard InChI is InChI=1S/C21H40O2.C5H8O3.C4H6O2/c1-3-5-6-7-8-9-10-11-12-13-14-15-16-17-18-19-21(22)23-20-4-2;1-2-3-8-4-5(6)7;1-3-6-4(2)5/h4H,2-3,5-20H2,1H3;2H,1,3-4H2,(H,6,7);3H,1H2,2H3. The van der Waals surface area contributed by atoms with Crippen molar-refractivity contribution < 1.29 is 33.7 Å². The van der Waals surface area contributed by atoms with Crippen molar-refractivity contribution in [2.75, 3.05) is 19.8 Å². The number of carbonyl (C=O) groups excluding carboxylic acids is 2. The van der Waals surface area contributed by atoms with Crippen molar-refractivity contribution in [2.24, 2.45) is 0 Å². The van der Waals surface area contributed by atoms with Gasteiger partial charge in [0.2, 0.25) is 0 Å². The van der Waals surface area contributed by atoms with Crippen LogP contribution in [0.3, 0.4) is 0 Å². The van der Waals surface area contributed by atoms with E-state index in [1.165, 1.54) is 96.5 Å². The van der Waals surface area contributed by atoms with Gasteiger partial charge in [0.05, 0.1) is 12.9 Å². The fourth-order valence-corrected chi connectivity index (χ4v) is 3.21. The number of aliphatic carboxylic acids is 1. The highest BCUT2D eigenvalue weighted by molar-refractivity contribution is 5.69. The lowest BCUT2D eigenvalue weighted by Crippen LogP contribution is -2.06. The lowest BCUT2D eigenvalue weighted by atomic mass is 10.0. The molecule has 216 valence electrons. The van der Waals surface area contributed by atoms with Gasteiger partial charge in [0.1, 0.15) is 13.2 Å². The van der Waals surface area contributed by atoms with Crippen LogP contribution in [0, 0.1) is 0 Å². The van der Waals surface area contributed by atoms with E-state index in [0.717, 1.165) is 19.1 Å². The van der Waals surface area contributed by atoms with E-state index in [4.69, 9.17) is 9.84 Å². The Hall–Kier alpha value is -2.41. The van der Waals surface area contributed by atoms with Crippen LogP contribution >= 0.6 is 0 Å². The third-order valence-electron chi connectivity index (χ3n) is 5.06. The van der Waals surface area contributed by atoms with Gasteiger partial charge in [-0.05, 0) is 6.42 Å². The van der Waals surface area contributed by atoms with Gasteiger partial charge in [-0.15, -0.1) is 6.58 Å². The van der Waals surface area contributed by atoms with Gasteiger partial charge in [-0.1, -0.05) is 122 Å². The van der Waals surface area contributed by atoms with Crippen molar-refractivity contribution in [2.45, 2.75) is 117 Å². The molecule has 0 rings (SSSR count). The highest BCUT2D eigenvalue weighted by atomic mass is 16.5. The molecule has 0 heterocycles. The SMILES string of the molecule is C=CCOC(=O)CCCCCCCCCCCCCCCCC.C=CCOCC(=O)O.C=COC(C)=O. The summed E-state index contributed by atoms with van der Waals surface area (Å²) >= 11 is 0. The van der Waals surface area contributed by atoms with E-state index in [1.54, 1.807) is 6.08 Å². The molecule has 0 radical (unpaired) electrons. The van der Waals surface area contributed by atoms with Crippen molar-refractivity contribution in [3.8, 4) is 0 Å². The van der Waals surface area contributed by atoms with Crippen molar-refractivity contribution in [3.05, 3.63) is 38.2 Å². The summed E-state index contributed by atoms with van der Waals surface area (Å²) in [6.45, 7) is 14.0. The Bertz CT molecular complexity index is 558. The number of carbonyl (C=O) groups is 3. The number of carboxylic acids is 1. The minimum absolute atomic E-state index is 0.0837. The molecule has 7 nitrogen and oxygen atoms in total. The first kappa shape index (κ1) is 39.1. The van der Waals surface area contributed by atoms with E-state index < -0.39 is 5.97 Å². The van der Waals surface area contributed by atoms with Crippen LogP contribution in [-0.4, -0.2) is 42.8 Å². The number of hydrogen-bond acceptors (Lipinski definition) is 6. The zero-order valence-corrected chi connectivity index (χ0v) is 23.7. The fraction of sp³-hybridized carbons (Fsp3) is 0.700. The molecule has 0 aliphatic heterocycles. The van der Waals surface area contributed by atoms with E-state index in [1.807, 2.05) is 0 Å². The van der Waals surface area contributed by atoms with Crippen LogP contribution in [0.15, 0.2) is 38.2 Å². The highest BCUT2D eigenvalue weighted by Crippen LogP contribution is 2.13. The number of carboxylic acid groups (broad SMARTS) is 1. The monoisotopic (exact) mass is 526 g/mol. The Labute approximate surface area is 226 Å². The number of hydrogen-bond donors (Lipinski definition) is 1.